The number of hydrogen-bond donors (Lipinski definition) is 2. The van der Waals surface area contributed by atoms with Crippen molar-refractivity contribution in [3.63, 3.8) is 0 Å². The number of nitrogens with one attached hydrogen (secondary N) is 2. The minimum absolute atomic E-state index is 0.0210. The molecule has 0 radical (unpaired) electrons. The molecular weight excluding hydrogens is 228 g/mol. The van der Waals surface area contributed by atoms with Gasteiger partial charge in [0.15, 0.2) is 0 Å². The van der Waals surface area contributed by atoms with Crippen molar-refractivity contribution in [1.82, 2.24) is 5.32 Å². The molecular formula is C11H13ClN2O2. The van der Waals surface area contributed by atoms with E-state index in [0.717, 1.165) is 19.5 Å². The molecule has 0 spiro atoms. The highest BCUT2D eigenvalue weighted by Crippen LogP contribution is 2.14. The van der Waals surface area contributed by atoms with Crippen LogP contribution in [-0.4, -0.2) is 25.3 Å². The quantitative estimate of drug-likeness (QED) is 0.834. The molecule has 1 fully saturated rings. The third-order valence-electron chi connectivity index (χ3n) is 2.38. The second-order valence-corrected chi connectivity index (χ2v) is 4.09. The van der Waals surface area contributed by atoms with Crippen molar-refractivity contribution in [2.45, 2.75) is 12.5 Å². The second-order valence-electron chi connectivity index (χ2n) is 3.65. The lowest BCUT2D eigenvalue weighted by atomic mass is 10.3. The third-order valence-corrected chi connectivity index (χ3v) is 2.63. The van der Waals surface area contributed by atoms with Crippen LogP contribution in [0.4, 0.5) is 10.5 Å². The van der Waals surface area contributed by atoms with E-state index < -0.39 is 6.09 Å². The summed E-state index contributed by atoms with van der Waals surface area (Å²) < 4.78 is 5.20. The molecule has 1 aromatic carbocycles. The summed E-state index contributed by atoms with van der Waals surface area (Å²) in [5, 5.41) is 6.41. The summed E-state index contributed by atoms with van der Waals surface area (Å²) in [6.07, 6.45) is 0.428. The molecule has 1 saturated heterocycles. The normalized spacial score (nSPS) is 19.4. The van der Waals surface area contributed by atoms with E-state index >= 15 is 0 Å². The van der Waals surface area contributed by atoms with Crippen molar-refractivity contribution < 1.29 is 9.53 Å². The van der Waals surface area contributed by atoms with Crippen LogP contribution in [0, 0.1) is 0 Å². The highest BCUT2D eigenvalue weighted by molar-refractivity contribution is 6.30. The van der Waals surface area contributed by atoms with E-state index in [1.54, 1.807) is 24.3 Å². The highest BCUT2D eigenvalue weighted by Gasteiger charge is 2.18. The Labute approximate surface area is 98.9 Å². The molecule has 4 nitrogen and oxygen atoms in total. The van der Waals surface area contributed by atoms with Gasteiger partial charge in [-0.1, -0.05) is 11.6 Å². The van der Waals surface area contributed by atoms with Crippen molar-refractivity contribution >= 4 is 23.4 Å². The molecule has 0 aliphatic carbocycles. The largest absolute Gasteiger partial charge is 0.445 e. The Morgan fingerprint density at radius 2 is 2.19 bits per heavy atom. The lowest BCUT2D eigenvalue weighted by Gasteiger charge is -2.11. The molecule has 1 unspecified atom stereocenters. The molecule has 1 aliphatic rings. The van der Waals surface area contributed by atoms with Gasteiger partial charge < -0.3 is 10.1 Å². The van der Waals surface area contributed by atoms with E-state index in [4.69, 9.17) is 16.3 Å². The number of amides is 1. The maximum Gasteiger partial charge on any atom is 0.411 e. The van der Waals surface area contributed by atoms with Crippen LogP contribution >= 0.6 is 11.6 Å². The predicted molar refractivity (Wildman–Crippen MR) is 62.8 cm³/mol. The average molecular weight is 241 g/mol. The van der Waals surface area contributed by atoms with Crippen LogP contribution in [-0.2, 0) is 4.74 Å². The fourth-order valence-electron chi connectivity index (χ4n) is 1.56. The molecule has 5 heteroatoms. The molecule has 0 bridgehead atoms. The average Bonchev–Trinajstić information content (AvgIpc) is 2.74. The lowest BCUT2D eigenvalue weighted by molar-refractivity contribution is 0.121. The zero-order valence-electron chi connectivity index (χ0n) is 8.70. The van der Waals surface area contributed by atoms with E-state index in [0.29, 0.717) is 10.7 Å². The summed E-state index contributed by atoms with van der Waals surface area (Å²) in [5.74, 6) is 0. The van der Waals surface area contributed by atoms with E-state index in [1.165, 1.54) is 0 Å². The number of halogens is 1. The minimum atomic E-state index is -0.420. The van der Waals surface area contributed by atoms with Gasteiger partial charge in [0.2, 0.25) is 0 Å². The Morgan fingerprint density at radius 3 is 2.81 bits per heavy atom. The number of anilines is 1. The van der Waals surface area contributed by atoms with Gasteiger partial charge in [-0.25, -0.2) is 4.79 Å². The van der Waals surface area contributed by atoms with Crippen molar-refractivity contribution in [3.05, 3.63) is 29.3 Å². The van der Waals surface area contributed by atoms with E-state index in [2.05, 4.69) is 10.6 Å². The Hall–Kier alpha value is -1.26. The molecule has 1 aliphatic heterocycles. The smallest absolute Gasteiger partial charge is 0.411 e. The van der Waals surface area contributed by atoms with Crippen LogP contribution in [0.3, 0.4) is 0 Å². The molecule has 2 N–H and O–H groups in total. The molecule has 0 aromatic heterocycles. The van der Waals surface area contributed by atoms with E-state index in [1.807, 2.05) is 0 Å². The zero-order chi connectivity index (χ0) is 11.4. The zero-order valence-corrected chi connectivity index (χ0v) is 9.46. The monoisotopic (exact) mass is 240 g/mol. The highest BCUT2D eigenvalue weighted by atomic mass is 35.5. The summed E-state index contributed by atoms with van der Waals surface area (Å²) >= 11 is 5.73. The molecule has 86 valence electrons. The number of carbonyl (C=O) groups is 1. The van der Waals surface area contributed by atoms with Gasteiger partial charge in [0, 0.05) is 17.3 Å². The Bertz CT molecular complexity index is 361. The van der Waals surface area contributed by atoms with Crippen LogP contribution in [0.15, 0.2) is 24.3 Å². The van der Waals surface area contributed by atoms with Crippen LogP contribution in [0.1, 0.15) is 6.42 Å². The van der Waals surface area contributed by atoms with Crippen molar-refractivity contribution in [2.75, 3.05) is 18.4 Å². The van der Waals surface area contributed by atoms with Gasteiger partial charge in [-0.2, -0.15) is 0 Å². The summed E-state index contributed by atoms with van der Waals surface area (Å²) in [6, 6.07) is 6.90. The molecule has 2 rings (SSSR count). The van der Waals surface area contributed by atoms with Gasteiger partial charge >= 0.3 is 6.09 Å². The van der Waals surface area contributed by atoms with Crippen molar-refractivity contribution in [1.29, 1.82) is 0 Å². The molecule has 0 saturated carbocycles. The number of ether oxygens (including phenoxy) is 1. The molecule has 16 heavy (non-hydrogen) atoms. The van der Waals surface area contributed by atoms with Crippen LogP contribution < -0.4 is 10.6 Å². The fraction of sp³-hybridized carbons (Fsp3) is 0.364. The first-order valence-electron chi connectivity index (χ1n) is 5.18. The van der Waals surface area contributed by atoms with Gasteiger partial charge in [0.25, 0.3) is 0 Å². The molecule has 1 aromatic rings. The van der Waals surface area contributed by atoms with E-state index in [9.17, 15) is 4.79 Å². The number of benzene rings is 1. The summed E-state index contributed by atoms with van der Waals surface area (Å²) in [5.41, 5.74) is 0.681. The molecule has 1 amide bonds. The maximum absolute atomic E-state index is 11.5. The van der Waals surface area contributed by atoms with Gasteiger partial charge in [-0.05, 0) is 37.2 Å². The van der Waals surface area contributed by atoms with Crippen LogP contribution in [0.25, 0.3) is 0 Å². The van der Waals surface area contributed by atoms with Crippen molar-refractivity contribution in [3.8, 4) is 0 Å². The summed E-state index contributed by atoms with van der Waals surface area (Å²) in [4.78, 5) is 11.5. The van der Waals surface area contributed by atoms with Gasteiger partial charge in [0.05, 0.1) is 0 Å². The van der Waals surface area contributed by atoms with Gasteiger partial charge in [-0.3, -0.25) is 5.32 Å². The predicted octanol–water partition coefficient (Wildman–Crippen LogP) is 2.25. The van der Waals surface area contributed by atoms with Gasteiger partial charge in [0.1, 0.15) is 6.10 Å². The van der Waals surface area contributed by atoms with Gasteiger partial charge in [-0.15, -0.1) is 0 Å². The summed E-state index contributed by atoms with van der Waals surface area (Å²) in [7, 11) is 0. The second kappa shape index (κ2) is 5.18. The Morgan fingerprint density at radius 1 is 1.44 bits per heavy atom. The minimum Gasteiger partial charge on any atom is -0.445 e. The maximum atomic E-state index is 11.5. The first-order valence-corrected chi connectivity index (χ1v) is 5.56. The lowest BCUT2D eigenvalue weighted by Crippen LogP contribution is -2.24. The molecule has 1 heterocycles. The third kappa shape index (κ3) is 3.12. The fourth-order valence-corrected chi connectivity index (χ4v) is 1.69. The number of carbonyl (C=O) groups excluding carboxylic acids is 1. The van der Waals surface area contributed by atoms with Crippen molar-refractivity contribution in [2.24, 2.45) is 0 Å². The first-order chi connectivity index (χ1) is 7.74. The standard InChI is InChI=1S/C11H13ClN2O2/c12-8-1-3-9(4-2-8)14-11(15)16-10-5-6-13-7-10/h1-4,10,13H,5-7H2,(H,14,15). The van der Waals surface area contributed by atoms with Crippen LogP contribution in [0.2, 0.25) is 5.02 Å². The number of rotatable bonds is 2. The van der Waals surface area contributed by atoms with E-state index in [-0.39, 0.29) is 6.10 Å². The Balaban J connectivity index is 1.84. The topological polar surface area (TPSA) is 50.4 Å². The SMILES string of the molecule is O=C(Nc1ccc(Cl)cc1)OC1CCNC1. The Kier molecular flexibility index (Phi) is 3.64. The summed E-state index contributed by atoms with van der Waals surface area (Å²) in [6.45, 7) is 1.63. The first kappa shape index (κ1) is 11.2. The van der Waals surface area contributed by atoms with Crippen LogP contribution in [0.5, 0.6) is 0 Å². The molecule has 1 atom stereocenters. The number of hydrogen-bond acceptors (Lipinski definition) is 3.